The average molecular weight is 421 g/mol. The Morgan fingerprint density at radius 1 is 1.10 bits per heavy atom. The predicted molar refractivity (Wildman–Crippen MR) is 108 cm³/mol. The van der Waals surface area contributed by atoms with Crippen molar-refractivity contribution in [2.24, 2.45) is 0 Å². The van der Waals surface area contributed by atoms with Crippen LogP contribution in [-0.2, 0) is 17.5 Å². The van der Waals surface area contributed by atoms with Crippen molar-refractivity contribution in [1.82, 2.24) is 14.9 Å². The Balaban J connectivity index is 1.39. The minimum Gasteiger partial charge on any atom is -0.378 e. The Kier molecular flexibility index (Phi) is 6.38. The molecule has 2 saturated heterocycles. The zero-order chi connectivity index (χ0) is 21.0. The quantitative estimate of drug-likeness (QED) is 0.799. The lowest BCUT2D eigenvalue weighted by molar-refractivity contribution is -0.138. The highest BCUT2D eigenvalue weighted by atomic mass is 19.4. The van der Waals surface area contributed by atoms with Crippen LogP contribution < -0.4 is 10.2 Å². The fourth-order valence-corrected chi connectivity index (χ4v) is 4.05. The van der Waals surface area contributed by atoms with Crippen LogP contribution in [0.2, 0.25) is 0 Å². The molecule has 2 fully saturated rings. The molecule has 1 atom stereocenters. The van der Waals surface area contributed by atoms with Gasteiger partial charge in [-0.05, 0) is 37.1 Å². The summed E-state index contributed by atoms with van der Waals surface area (Å²) < 4.78 is 45.3. The molecule has 1 aromatic heterocycles. The maximum Gasteiger partial charge on any atom is 0.416 e. The second-order valence-electron chi connectivity index (χ2n) is 7.71. The van der Waals surface area contributed by atoms with Crippen molar-refractivity contribution in [2.45, 2.75) is 31.6 Å². The number of hydrogen-bond acceptors (Lipinski definition) is 6. The van der Waals surface area contributed by atoms with Crippen LogP contribution in [0.1, 0.15) is 24.0 Å². The van der Waals surface area contributed by atoms with E-state index in [9.17, 15) is 13.2 Å². The molecule has 0 radical (unpaired) electrons. The molecule has 4 rings (SSSR count). The van der Waals surface area contributed by atoms with E-state index in [1.807, 2.05) is 6.07 Å². The van der Waals surface area contributed by atoms with Gasteiger partial charge in [0.05, 0.1) is 18.8 Å². The summed E-state index contributed by atoms with van der Waals surface area (Å²) in [6.07, 6.45) is -0.719. The number of aromatic nitrogens is 2. The summed E-state index contributed by atoms with van der Waals surface area (Å²) in [7, 11) is 0. The predicted octanol–water partition coefficient (Wildman–Crippen LogP) is 3.41. The average Bonchev–Trinajstić information content (AvgIpc) is 2.74. The van der Waals surface area contributed by atoms with Crippen molar-refractivity contribution in [3.8, 4) is 0 Å². The van der Waals surface area contributed by atoms with Crippen LogP contribution >= 0.6 is 0 Å². The van der Waals surface area contributed by atoms with Gasteiger partial charge < -0.3 is 15.0 Å². The van der Waals surface area contributed by atoms with Crippen molar-refractivity contribution in [3.05, 3.63) is 47.7 Å². The van der Waals surface area contributed by atoms with E-state index in [0.717, 1.165) is 44.4 Å². The molecule has 1 unspecified atom stereocenters. The van der Waals surface area contributed by atoms with E-state index < -0.39 is 11.7 Å². The first-order valence-corrected chi connectivity index (χ1v) is 10.3. The molecular weight excluding hydrogens is 395 g/mol. The van der Waals surface area contributed by atoms with Crippen molar-refractivity contribution >= 4 is 11.8 Å². The number of hydrogen-bond donors (Lipinski definition) is 1. The largest absolute Gasteiger partial charge is 0.416 e. The second-order valence-corrected chi connectivity index (χ2v) is 7.71. The van der Waals surface area contributed by atoms with Crippen molar-refractivity contribution in [3.63, 3.8) is 0 Å². The number of rotatable bonds is 5. The van der Waals surface area contributed by atoms with Crippen molar-refractivity contribution in [1.29, 1.82) is 0 Å². The standard InChI is InChI=1S/C21H26F3N5O/c22-21(23,24)18-6-2-1-4-16(18)14-28-9-3-5-17(15-28)26-19-7-8-25-20(27-19)29-10-12-30-13-11-29/h1-2,4,6-8,17H,3,5,9-15H2,(H,25,26,27). The van der Waals surface area contributed by atoms with Crippen LogP contribution in [0.15, 0.2) is 36.5 Å². The van der Waals surface area contributed by atoms with E-state index >= 15 is 0 Å². The third-order valence-electron chi connectivity index (χ3n) is 5.51. The summed E-state index contributed by atoms with van der Waals surface area (Å²) >= 11 is 0. The number of benzene rings is 1. The topological polar surface area (TPSA) is 53.5 Å². The van der Waals surface area contributed by atoms with Gasteiger partial charge in [0, 0.05) is 38.4 Å². The van der Waals surface area contributed by atoms with Gasteiger partial charge in [-0.25, -0.2) is 4.98 Å². The molecule has 2 aromatic rings. The van der Waals surface area contributed by atoms with Gasteiger partial charge >= 0.3 is 6.18 Å². The first kappa shape index (κ1) is 20.9. The lowest BCUT2D eigenvalue weighted by Crippen LogP contribution is -2.42. The number of nitrogens with zero attached hydrogens (tertiary/aromatic N) is 4. The fraction of sp³-hybridized carbons (Fsp3) is 0.524. The number of likely N-dealkylation sites (tertiary alicyclic amines) is 1. The van der Waals surface area contributed by atoms with E-state index in [0.29, 0.717) is 31.3 Å². The Labute approximate surface area is 174 Å². The van der Waals surface area contributed by atoms with Crippen LogP contribution in [-0.4, -0.2) is 60.3 Å². The van der Waals surface area contributed by atoms with E-state index in [4.69, 9.17) is 4.74 Å². The maximum absolute atomic E-state index is 13.3. The number of nitrogens with one attached hydrogen (secondary N) is 1. The van der Waals surface area contributed by atoms with Gasteiger partial charge in [0.25, 0.3) is 0 Å². The van der Waals surface area contributed by atoms with Crippen molar-refractivity contribution < 1.29 is 17.9 Å². The molecule has 6 nitrogen and oxygen atoms in total. The highest BCUT2D eigenvalue weighted by Gasteiger charge is 2.33. The van der Waals surface area contributed by atoms with E-state index in [1.54, 1.807) is 18.3 Å². The van der Waals surface area contributed by atoms with Crippen molar-refractivity contribution in [2.75, 3.05) is 49.6 Å². The van der Waals surface area contributed by atoms with Gasteiger partial charge in [-0.15, -0.1) is 0 Å². The SMILES string of the molecule is FC(F)(F)c1ccccc1CN1CCCC(Nc2ccnc(N3CCOCC3)n2)C1. The van der Waals surface area contributed by atoms with Gasteiger partial charge in [0.15, 0.2) is 0 Å². The molecule has 1 aromatic carbocycles. The normalized spacial score (nSPS) is 20.9. The molecule has 0 bridgehead atoms. The molecule has 1 N–H and O–H groups in total. The number of ether oxygens (including phenoxy) is 1. The summed E-state index contributed by atoms with van der Waals surface area (Å²) in [5, 5.41) is 3.45. The lowest BCUT2D eigenvalue weighted by Gasteiger charge is -2.34. The minimum absolute atomic E-state index is 0.129. The van der Waals surface area contributed by atoms with Crippen LogP contribution in [0.5, 0.6) is 0 Å². The van der Waals surface area contributed by atoms with Crippen LogP contribution in [0.25, 0.3) is 0 Å². The first-order valence-electron chi connectivity index (χ1n) is 10.3. The smallest absolute Gasteiger partial charge is 0.378 e. The number of halogens is 3. The summed E-state index contributed by atoms with van der Waals surface area (Å²) in [5.41, 5.74) is -0.228. The third-order valence-corrected chi connectivity index (χ3v) is 5.51. The lowest BCUT2D eigenvalue weighted by atomic mass is 10.0. The molecule has 3 heterocycles. The van der Waals surface area contributed by atoms with E-state index in [1.165, 1.54) is 6.07 Å². The summed E-state index contributed by atoms with van der Waals surface area (Å²) in [4.78, 5) is 13.2. The second kappa shape index (κ2) is 9.18. The highest BCUT2D eigenvalue weighted by Crippen LogP contribution is 2.32. The minimum atomic E-state index is -4.33. The first-order chi connectivity index (χ1) is 14.5. The molecule has 0 spiro atoms. The molecule has 2 aliphatic heterocycles. The van der Waals surface area contributed by atoms with Gasteiger partial charge in [-0.1, -0.05) is 18.2 Å². The Hall–Kier alpha value is -2.39. The molecule has 2 aliphatic rings. The summed E-state index contributed by atoms with van der Waals surface area (Å²) in [6, 6.07) is 7.79. The van der Waals surface area contributed by atoms with Gasteiger partial charge in [0.1, 0.15) is 5.82 Å². The van der Waals surface area contributed by atoms with Gasteiger partial charge in [0.2, 0.25) is 5.95 Å². The number of alkyl halides is 3. The number of anilines is 2. The third kappa shape index (κ3) is 5.20. The molecule has 30 heavy (non-hydrogen) atoms. The van der Waals surface area contributed by atoms with E-state index in [-0.39, 0.29) is 12.6 Å². The highest BCUT2D eigenvalue weighted by molar-refractivity contribution is 5.42. The number of piperidine rings is 1. The maximum atomic E-state index is 13.3. The van der Waals surface area contributed by atoms with Gasteiger partial charge in [-0.2, -0.15) is 18.2 Å². The number of morpholine rings is 1. The molecular formula is C21H26F3N5O. The Morgan fingerprint density at radius 2 is 1.90 bits per heavy atom. The van der Waals surface area contributed by atoms with Crippen LogP contribution in [0.4, 0.5) is 24.9 Å². The summed E-state index contributed by atoms with van der Waals surface area (Å²) in [5.74, 6) is 1.42. The Bertz CT molecular complexity index is 841. The van der Waals surface area contributed by atoms with Crippen LogP contribution in [0.3, 0.4) is 0 Å². The molecule has 0 aliphatic carbocycles. The monoisotopic (exact) mass is 421 g/mol. The molecule has 0 amide bonds. The van der Waals surface area contributed by atoms with Gasteiger partial charge in [-0.3, -0.25) is 4.90 Å². The summed E-state index contributed by atoms with van der Waals surface area (Å²) in [6.45, 7) is 4.60. The van der Waals surface area contributed by atoms with Crippen LogP contribution in [0, 0.1) is 0 Å². The Morgan fingerprint density at radius 3 is 2.70 bits per heavy atom. The molecule has 162 valence electrons. The zero-order valence-electron chi connectivity index (χ0n) is 16.7. The van der Waals surface area contributed by atoms with E-state index in [2.05, 4.69) is 25.1 Å². The molecule has 9 heteroatoms. The molecule has 0 saturated carbocycles. The zero-order valence-corrected chi connectivity index (χ0v) is 16.7. The fourth-order valence-electron chi connectivity index (χ4n) is 4.05.